The van der Waals surface area contributed by atoms with E-state index in [-0.39, 0.29) is 69.9 Å². The van der Waals surface area contributed by atoms with Gasteiger partial charge in [0.25, 0.3) is 5.91 Å². The number of aliphatic carboxylic acids is 1. The minimum Gasteiger partial charge on any atom is -0.489 e. The second kappa shape index (κ2) is 16.1. The molecule has 256 valence electrons. The molecule has 5 aromatic rings. The third-order valence-corrected chi connectivity index (χ3v) is 7.82. The van der Waals surface area contributed by atoms with Gasteiger partial charge in [-0.1, -0.05) is 54.1 Å². The van der Waals surface area contributed by atoms with Crippen molar-refractivity contribution in [3.05, 3.63) is 119 Å². The molecule has 0 saturated carbocycles. The molecule has 0 bridgehead atoms. The molecular weight excluding hydrogens is 711 g/mol. The van der Waals surface area contributed by atoms with Crippen molar-refractivity contribution in [1.29, 1.82) is 0 Å². The number of aromatic nitrogens is 1. The smallest absolute Gasteiger partial charge is 0.446 e. The molecular formula is C33H26Cl2F4N4O5S. The first-order chi connectivity index (χ1) is 22.9. The quantitative estimate of drug-likeness (QED) is 0.0609. The molecule has 1 unspecified atom stereocenters. The van der Waals surface area contributed by atoms with Gasteiger partial charge < -0.3 is 20.5 Å². The van der Waals surface area contributed by atoms with Crippen LogP contribution in [0.3, 0.4) is 0 Å². The van der Waals surface area contributed by atoms with Crippen LogP contribution in [0.5, 0.6) is 5.75 Å². The Kier molecular flexibility index (Phi) is 12.2. The number of thioether (sulfide) groups is 1. The molecule has 0 saturated heterocycles. The average molecular weight is 738 g/mol. The fourth-order valence-corrected chi connectivity index (χ4v) is 5.35. The van der Waals surface area contributed by atoms with Crippen LogP contribution in [-0.2, 0) is 17.9 Å². The SMILES string of the molecule is Cl.O=C(Nc1ccc(OCc2ccc(SC(F)(F)F)cc2)cc1F)Nc1cn(C(=O)C(NCc2ccccc2)C(=O)O)c2ccc(Cl)cc12. The van der Waals surface area contributed by atoms with Crippen LogP contribution in [0.25, 0.3) is 10.9 Å². The number of carboxylic acids is 1. The molecule has 4 N–H and O–H groups in total. The van der Waals surface area contributed by atoms with E-state index in [9.17, 15) is 37.1 Å². The number of carbonyl (C=O) groups is 3. The molecule has 16 heteroatoms. The summed E-state index contributed by atoms with van der Waals surface area (Å²) in [6.45, 7) is 0.0642. The Morgan fingerprint density at radius 1 is 0.898 bits per heavy atom. The molecule has 2 amide bonds. The number of fused-ring (bicyclic) bond motifs is 1. The zero-order valence-electron chi connectivity index (χ0n) is 25.0. The summed E-state index contributed by atoms with van der Waals surface area (Å²) in [4.78, 5) is 38.4. The molecule has 49 heavy (non-hydrogen) atoms. The number of carboxylic acid groups (broad SMARTS) is 1. The lowest BCUT2D eigenvalue weighted by atomic mass is 10.2. The molecule has 0 aliphatic carbocycles. The summed E-state index contributed by atoms with van der Waals surface area (Å²) in [5.41, 5.74) is -2.91. The lowest BCUT2D eigenvalue weighted by Crippen LogP contribution is -2.45. The molecule has 0 radical (unpaired) electrons. The highest BCUT2D eigenvalue weighted by atomic mass is 35.5. The second-order valence-corrected chi connectivity index (χ2v) is 11.8. The minimum absolute atomic E-state index is 0. The molecule has 5 rings (SSSR count). The maximum Gasteiger partial charge on any atom is 0.446 e. The third kappa shape index (κ3) is 9.89. The van der Waals surface area contributed by atoms with Crippen molar-refractivity contribution < 1.29 is 41.8 Å². The zero-order chi connectivity index (χ0) is 34.4. The van der Waals surface area contributed by atoms with Gasteiger partial charge in [0, 0.05) is 34.1 Å². The lowest BCUT2D eigenvalue weighted by molar-refractivity contribution is -0.138. The number of hydrogen-bond acceptors (Lipinski definition) is 6. The molecule has 0 fully saturated rings. The van der Waals surface area contributed by atoms with Gasteiger partial charge >= 0.3 is 17.5 Å². The van der Waals surface area contributed by atoms with Gasteiger partial charge in [-0.05, 0) is 65.4 Å². The van der Waals surface area contributed by atoms with E-state index in [1.807, 2.05) is 0 Å². The number of amides is 2. The lowest BCUT2D eigenvalue weighted by Gasteiger charge is -2.14. The Hall–Kier alpha value is -4.76. The second-order valence-electron chi connectivity index (χ2n) is 10.3. The van der Waals surface area contributed by atoms with Gasteiger partial charge in [0.05, 0.1) is 16.9 Å². The summed E-state index contributed by atoms with van der Waals surface area (Å²) in [6.07, 6.45) is 1.25. The molecule has 0 aliphatic heterocycles. The topological polar surface area (TPSA) is 122 Å². The molecule has 1 aromatic heterocycles. The largest absolute Gasteiger partial charge is 0.489 e. The Morgan fingerprint density at radius 3 is 2.24 bits per heavy atom. The molecule has 0 aliphatic rings. The highest BCUT2D eigenvalue weighted by Gasteiger charge is 2.30. The van der Waals surface area contributed by atoms with Crippen molar-refractivity contribution in [3.63, 3.8) is 0 Å². The van der Waals surface area contributed by atoms with Crippen LogP contribution in [0.2, 0.25) is 5.02 Å². The van der Waals surface area contributed by atoms with Crippen LogP contribution in [-0.4, -0.2) is 39.1 Å². The summed E-state index contributed by atoms with van der Waals surface area (Å²) < 4.78 is 59.1. The maximum atomic E-state index is 14.9. The van der Waals surface area contributed by atoms with E-state index in [1.54, 1.807) is 30.3 Å². The van der Waals surface area contributed by atoms with E-state index in [4.69, 9.17) is 16.3 Å². The van der Waals surface area contributed by atoms with Gasteiger partial charge in [-0.15, -0.1) is 12.4 Å². The normalized spacial score (nSPS) is 11.8. The predicted octanol–water partition coefficient (Wildman–Crippen LogP) is 8.57. The highest BCUT2D eigenvalue weighted by Crippen LogP contribution is 2.37. The summed E-state index contributed by atoms with van der Waals surface area (Å²) in [7, 11) is 0. The first-order valence-corrected chi connectivity index (χ1v) is 15.3. The monoisotopic (exact) mass is 736 g/mol. The van der Waals surface area contributed by atoms with Crippen molar-refractivity contribution in [3.8, 4) is 5.75 Å². The Balaban J connectivity index is 0.00000541. The number of ether oxygens (including phenoxy) is 1. The van der Waals surface area contributed by atoms with E-state index in [0.717, 1.165) is 16.2 Å². The number of benzene rings is 4. The number of urea groups is 1. The van der Waals surface area contributed by atoms with Gasteiger partial charge in [-0.25, -0.2) is 14.0 Å². The summed E-state index contributed by atoms with van der Waals surface area (Å²) in [5, 5.41) is 18.1. The highest BCUT2D eigenvalue weighted by molar-refractivity contribution is 8.00. The predicted molar refractivity (Wildman–Crippen MR) is 181 cm³/mol. The van der Waals surface area contributed by atoms with Crippen molar-refractivity contribution in [2.24, 2.45) is 0 Å². The van der Waals surface area contributed by atoms with Crippen molar-refractivity contribution in [1.82, 2.24) is 9.88 Å². The van der Waals surface area contributed by atoms with E-state index in [1.165, 1.54) is 60.8 Å². The number of hydrogen-bond donors (Lipinski definition) is 4. The summed E-state index contributed by atoms with van der Waals surface area (Å²) in [6, 6.07) is 20.1. The standard InChI is InChI=1S/C33H25ClF4N4O5S.ClH/c34-21-8-13-28-24(14-21)27(17-42(28)30(43)29(31(44)45)39-16-19-4-2-1-3-5-19)41-32(46)40-26-12-9-22(15-25(26)35)47-18-20-6-10-23(11-7-20)48-33(36,37)38;/h1-15,17,29,39H,16,18H2,(H,44,45)(H2,40,41,46);1H. The van der Waals surface area contributed by atoms with E-state index < -0.39 is 35.3 Å². The summed E-state index contributed by atoms with van der Waals surface area (Å²) in [5.74, 6) is -2.96. The van der Waals surface area contributed by atoms with Crippen molar-refractivity contribution in [2.45, 2.75) is 29.6 Å². The fraction of sp³-hybridized carbons (Fsp3) is 0.121. The Morgan fingerprint density at radius 2 is 1.59 bits per heavy atom. The van der Waals surface area contributed by atoms with Crippen molar-refractivity contribution in [2.75, 3.05) is 10.6 Å². The van der Waals surface area contributed by atoms with Crippen LogP contribution >= 0.6 is 35.8 Å². The summed E-state index contributed by atoms with van der Waals surface area (Å²) >= 11 is 5.94. The van der Waals surface area contributed by atoms with Gasteiger partial charge in [-0.3, -0.25) is 14.7 Å². The van der Waals surface area contributed by atoms with Crippen molar-refractivity contribution >= 4 is 76.0 Å². The zero-order valence-corrected chi connectivity index (χ0v) is 27.4. The average Bonchev–Trinajstić information content (AvgIpc) is 3.38. The number of carbonyl (C=O) groups excluding carboxylic acids is 2. The van der Waals surface area contributed by atoms with Gasteiger partial charge in [0.2, 0.25) is 0 Å². The Bertz CT molecular complexity index is 1960. The van der Waals surface area contributed by atoms with Crippen LogP contribution in [0, 0.1) is 5.82 Å². The first-order valence-electron chi connectivity index (χ1n) is 14.1. The van der Waals surface area contributed by atoms with E-state index in [0.29, 0.717) is 10.9 Å². The van der Waals surface area contributed by atoms with Crippen LogP contribution in [0.1, 0.15) is 15.9 Å². The number of nitrogens with one attached hydrogen (secondary N) is 3. The van der Waals surface area contributed by atoms with Gasteiger partial charge in [0.15, 0.2) is 6.04 Å². The molecule has 1 atom stereocenters. The number of alkyl halides is 3. The molecule has 4 aromatic carbocycles. The molecule has 1 heterocycles. The number of rotatable bonds is 11. The van der Waals surface area contributed by atoms with E-state index in [2.05, 4.69) is 16.0 Å². The number of nitrogens with zero attached hydrogens (tertiary/aromatic N) is 1. The molecule has 0 spiro atoms. The minimum atomic E-state index is -4.40. The number of anilines is 2. The fourth-order valence-electron chi connectivity index (χ4n) is 4.64. The van der Waals surface area contributed by atoms with Crippen LogP contribution < -0.4 is 20.7 Å². The molecule has 9 nitrogen and oxygen atoms in total. The Labute approximate surface area is 292 Å². The maximum absolute atomic E-state index is 14.9. The van der Waals surface area contributed by atoms with Crippen LogP contribution in [0.4, 0.5) is 33.7 Å². The number of halogens is 6. The van der Waals surface area contributed by atoms with Crippen LogP contribution in [0.15, 0.2) is 102 Å². The third-order valence-electron chi connectivity index (χ3n) is 6.85. The van der Waals surface area contributed by atoms with E-state index >= 15 is 0 Å². The van der Waals surface area contributed by atoms with Gasteiger partial charge in [0.1, 0.15) is 18.2 Å². The van der Waals surface area contributed by atoms with Gasteiger partial charge in [-0.2, -0.15) is 13.2 Å². The first kappa shape index (κ1) is 37.1.